The van der Waals surface area contributed by atoms with Gasteiger partial charge in [0.2, 0.25) is 0 Å². The first-order chi connectivity index (χ1) is 17.7. The average Bonchev–Trinajstić information content (AvgIpc) is 2.87. The number of amides is 4. The largest absolute Gasteiger partial charge is 0.493 e. The fraction of sp³-hybridized carbons (Fsp3) is 0.148. The molecule has 188 valence electrons. The molecule has 1 aliphatic heterocycles. The second-order valence-corrected chi connectivity index (χ2v) is 8.35. The highest BCUT2D eigenvalue weighted by Crippen LogP contribution is 2.31. The Labute approximate surface area is 212 Å². The van der Waals surface area contributed by atoms with Crippen molar-refractivity contribution in [3.05, 3.63) is 98.6 Å². The number of hydrogen-bond acceptors (Lipinski definition) is 7. The Morgan fingerprint density at radius 3 is 2.32 bits per heavy atom. The third-order valence-corrected chi connectivity index (χ3v) is 5.89. The zero-order chi connectivity index (χ0) is 26.7. The second-order valence-electron chi connectivity index (χ2n) is 8.35. The molecule has 10 nitrogen and oxygen atoms in total. The van der Waals surface area contributed by atoms with E-state index in [4.69, 9.17) is 9.47 Å². The molecule has 37 heavy (non-hydrogen) atoms. The Kier molecular flexibility index (Phi) is 7.01. The maximum Gasteiger partial charge on any atom is 0.335 e. The van der Waals surface area contributed by atoms with Gasteiger partial charge in [-0.05, 0) is 78.6 Å². The van der Waals surface area contributed by atoms with Crippen molar-refractivity contribution in [1.82, 2.24) is 5.32 Å². The number of ether oxygens (including phenoxy) is 2. The van der Waals surface area contributed by atoms with Crippen LogP contribution in [0.25, 0.3) is 6.08 Å². The molecular formula is C27H23N3O7. The van der Waals surface area contributed by atoms with E-state index in [0.29, 0.717) is 22.7 Å². The third kappa shape index (κ3) is 5.32. The highest BCUT2D eigenvalue weighted by Gasteiger charge is 2.37. The minimum Gasteiger partial charge on any atom is -0.493 e. The number of methoxy groups -OCH3 is 1. The fourth-order valence-corrected chi connectivity index (χ4v) is 3.69. The molecule has 10 heteroatoms. The lowest BCUT2D eigenvalue weighted by atomic mass is 10.0. The molecule has 0 unspecified atom stereocenters. The number of barbiturate groups is 1. The average molecular weight is 501 g/mol. The Balaban J connectivity index is 1.57. The van der Waals surface area contributed by atoms with Crippen molar-refractivity contribution in [2.24, 2.45) is 0 Å². The Morgan fingerprint density at radius 2 is 1.68 bits per heavy atom. The van der Waals surface area contributed by atoms with Gasteiger partial charge in [-0.15, -0.1) is 0 Å². The van der Waals surface area contributed by atoms with Crippen LogP contribution in [0, 0.1) is 24.0 Å². The van der Waals surface area contributed by atoms with Crippen molar-refractivity contribution in [1.29, 1.82) is 0 Å². The molecule has 4 amide bonds. The van der Waals surface area contributed by atoms with E-state index >= 15 is 0 Å². The van der Waals surface area contributed by atoms with Crippen LogP contribution < -0.4 is 19.7 Å². The summed E-state index contributed by atoms with van der Waals surface area (Å²) in [7, 11) is 1.45. The molecule has 1 aliphatic rings. The number of nitrogens with one attached hydrogen (secondary N) is 1. The van der Waals surface area contributed by atoms with E-state index in [1.165, 1.54) is 25.3 Å². The van der Waals surface area contributed by atoms with Gasteiger partial charge in [0, 0.05) is 12.1 Å². The summed E-state index contributed by atoms with van der Waals surface area (Å²) in [6.07, 6.45) is 1.38. The first-order valence-electron chi connectivity index (χ1n) is 11.2. The molecule has 4 rings (SSSR count). The van der Waals surface area contributed by atoms with E-state index in [1.54, 1.807) is 48.5 Å². The molecule has 0 radical (unpaired) electrons. The summed E-state index contributed by atoms with van der Waals surface area (Å²) in [5.41, 5.74) is 3.23. The highest BCUT2D eigenvalue weighted by molar-refractivity contribution is 6.39. The summed E-state index contributed by atoms with van der Waals surface area (Å²) in [5.74, 6) is -0.793. The second kappa shape index (κ2) is 10.3. The van der Waals surface area contributed by atoms with Crippen molar-refractivity contribution in [2.45, 2.75) is 20.5 Å². The van der Waals surface area contributed by atoms with Crippen LogP contribution in [0.5, 0.6) is 11.5 Å². The topological polar surface area (TPSA) is 128 Å². The third-order valence-electron chi connectivity index (χ3n) is 5.89. The van der Waals surface area contributed by atoms with Gasteiger partial charge < -0.3 is 9.47 Å². The number of benzene rings is 3. The molecule has 3 aromatic carbocycles. The van der Waals surface area contributed by atoms with Gasteiger partial charge >= 0.3 is 6.03 Å². The number of aryl methyl sites for hydroxylation is 2. The molecule has 1 N–H and O–H groups in total. The number of non-ortho nitro benzene ring substituents is 1. The van der Waals surface area contributed by atoms with Gasteiger partial charge in [0.15, 0.2) is 11.5 Å². The number of rotatable bonds is 7. The number of nitro groups is 1. The zero-order valence-corrected chi connectivity index (χ0v) is 20.3. The molecule has 0 saturated carbocycles. The van der Waals surface area contributed by atoms with Gasteiger partial charge in [0.1, 0.15) is 12.2 Å². The fourth-order valence-electron chi connectivity index (χ4n) is 3.69. The zero-order valence-electron chi connectivity index (χ0n) is 20.3. The SMILES string of the molecule is COc1cc(/C=C2\C(=O)NC(=O)N(c3ccc(C)c(C)c3)C2=O)ccc1OCc1ccc([N+](=O)[O-])cc1. The van der Waals surface area contributed by atoms with Crippen LogP contribution in [0.1, 0.15) is 22.3 Å². The van der Waals surface area contributed by atoms with Crippen LogP contribution in [-0.2, 0) is 16.2 Å². The summed E-state index contributed by atoms with van der Waals surface area (Å²) in [6.45, 7) is 3.92. The minimum absolute atomic E-state index is 0.0159. The molecule has 1 saturated heterocycles. The maximum atomic E-state index is 13.2. The quantitative estimate of drug-likeness (QED) is 0.219. The lowest BCUT2D eigenvalue weighted by Gasteiger charge is -2.26. The molecule has 0 bridgehead atoms. The first kappa shape index (κ1) is 25.1. The molecule has 0 atom stereocenters. The number of hydrogen-bond donors (Lipinski definition) is 1. The van der Waals surface area contributed by atoms with Crippen molar-refractivity contribution < 1.29 is 28.8 Å². The van der Waals surface area contributed by atoms with E-state index in [1.807, 2.05) is 13.8 Å². The van der Waals surface area contributed by atoms with Crippen LogP contribution in [0.4, 0.5) is 16.2 Å². The minimum atomic E-state index is -0.817. The van der Waals surface area contributed by atoms with Crippen LogP contribution in [-0.4, -0.2) is 29.9 Å². The van der Waals surface area contributed by atoms with Crippen LogP contribution in [0.2, 0.25) is 0 Å². The number of carbonyl (C=O) groups excluding carboxylic acids is 3. The van der Waals surface area contributed by atoms with Gasteiger partial charge in [-0.2, -0.15) is 0 Å². The van der Waals surface area contributed by atoms with Gasteiger partial charge in [-0.3, -0.25) is 25.0 Å². The van der Waals surface area contributed by atoms with E-state index in [9.17, 15) is 24.5 Å². The Bertz CT molecular complexity index is 1440. The Morgan fingerprint density at radius 1 is 0.946 bits per heavy atom. The normalized spacial score (nSPS) is 14.5. The summed E-state index contributed by atoms with van der Waals surface area (Å²) >= 11 is 0. The smallest absolute Gasteiger partial charge is 0.335 e. The standard InChI is InChI=1S/C27H23N3O7/c1-16-4-8-21(12-17(16)2)29-26(32)22(25(31)28-27(29)33)13-19-7-11-23(24(14-19)36-3)37-15-18-5-9-20(10-6-18)30(34)35/h4-14H,15H2,1-3H3,(H,28,31,33)/b22-13+. The number of nitrogens with zero attached hydrogens (tertiary/aromatic N) is 2. The molecule has 3 aromatic rings. The predicted octanol–water partition coefficient (Wildman–Crippen LogP) is 4.47. The van der Waals surface area contributed by atoms with E-state index in [0.717, 1.165) is 21.6 Å². The first-order valence-corrected chi connectivity index (χ1v) is 11.2. The predicted molar refractivity (Wildman–Crippen MR) is 135 cm³/mol. The highest BCUT2D eigenvalue weighted by atomic mass is 16.6. The van der Waals surface area contributed by atoms with Gasteiger partial charge in [-0.25, -0.2) is 9.69 Å². The van der Waals surface area contributed by atoms with Gasteiger partial charge in [0.05, 0.1) is 17.7 Å². The summed E-state index contributed by atoms with van der Waals surface area (Å²) in [6, 6.07) is 15.2. The molecular weight excluding hydrogens is 478 g/mol. The monoisotopic (exact) mass is 501 g/mol. The molecule has 0 aromatic heterocycles. The Hall–Kier alpha value is -4.99. The van der Waals surface area contributed by atoms with Crippen LogP contribution in [0.15, 0.2) is 66.2 Å². The summed E-state index contributed by atoms with van der Waals surface area (Å²) < 4.78 is 11.2. The lowest BCUT2D eigenvalue weighted by molar-refractivity contribution is -0.384. The summed E-state index contributed by atoms with van der Waals surface area (Å²) in [4.78, 5) is 49.4. The molecule has 0 aliphatic carbocycles. The van der Waals surface area contributed by atoms with Crippen LogP contribution >= 0.6 is 0 Å². The van der Waals surface area contributed by atoms with Crippen molar-refractivity contribution in [3.63, 3.8) is 0 Å². The molecule has 1 heterocycles. The number of imide groups is 2. The number of carbonyl (C=O) groups is 3. The van der Waals surface area contributed by atoms with Crippen molar-refractivity contribution >= 4 is 35.3 Å². The van der Waals surface area contributed by atoms with Crippen LogP contribution in [0.3, 0.4) is 0 Å². The van der Waals surface area contributed by atoms with Gasteiger partial charge in [0.25, 0.3) is 17.5 Å². The van der Waals surface area contributed by atoms with E-state index < -0.39 is 22.8 Å². The van der Waals surface area contributed by atoms with E-state index in [-0.39, 0.29) is 17.9 Å². The number of nitro benzene ring substituents is 1. The number of anilines is 1. The maximum absolute atomic E-state index is 13.2. The van der Waals surface area contributed by atoms with E-state index in [2.05, 4.69) is 5.32 Å². The van der Waals surface area contributed by atoms with Gasteiger partial charge in [-0.1, -0.05) is 12.1 Å². The molecule has 0 spiro atoms. The van der Waals surface area contributed by atoms with Crippen molar-refractivity contribution in [3.8, 4) is 11.5 Å². The number of urea groups is 1. The molecule has 1 fully saturated rings. The van der Waals surface area contributed by atoms with Crippen molar-refractivity contribution in [2.75, 3.05) is 12.0 Å². The summed E-state index contributed by atoms with van der Waals surface area (Å²) in [5, 5.41) is 13.0. The lowest BCUT2D eigenvalue weighted by Crippen LogP contribution is -2.54.